The largest absolute Gasteiger partial charge is 0.508 e. The third-order valence-corrected chi connectivity index (χ3v) is 2.03. The van der Waals surface area contributed by atoms with Crippen LogP contribution in [0.25, 0.3) is 0 Å². The number of phenols is 1. The first-order valence-corrected chi connectivity index (χ1v) is 4.50. The first-order valence-electron chi connectivity index (χ1n) is 4.50. The maximum atomic E-state index is 13.2. The summed E-state index contributed by atoms with van der Waals surface area (Å²) in [5.74, 6) is -0.790. The first kappa shape index (κ1) is 11.8. The van der Waals surface area contributed by atoms with E-state index in [0.717, 1.165) is 6.07 Å². The van der Waals surface area contributed by atoms with Gasteiger partial charge in [0.15, 0.2) is 0 Å². The zero-order valence-electron chi connectivity index (χ0n) is 8.17. The number of alkyl halides is 2. The minimum atomic E-state index is -2.47. The number of halogens is 3. The molecule has 5 heteroatoms. The van der Waals surface area contributed by atoms with Gasteiger partial charge in [-0.15, -0.1) is 0 Å². The predicted molar refractivity (Wildman–Crippen MR) is 50.5 cm³/mol. The van der Waals surface area contributed by atoms with E-state index in [4.69, 9.17) is 5.11 Å². The Bertz CT molecular complexity index is 330. The van der Waals surface area contributed by atoms with Crippen LogP contribution in [0.2, 0.25) is 0 Å². The molecule has 1 unspecified atom stereocenters. The number of rotatable bonds is 4. The average Bonchev–Trinajstić information content (AvgIpc) is 2.14. The zero-order chi connectivity index (χ0) is 11.4. The van der Waals surface area contributed by atoms with E-state index in [1.54, 1.807) is 6.92 Å². The third-order valence-electron chi connectivity index (χ3n) is 2.03. The second-order valence-corrected chi connectivity index (χ2v) is 3.23. The molecule has 15 heavy (non-hydrogen) atoms. The molecule has 0 aliphatic heterocycles. The number of hydrogen-bond acceptors (Lipinski definition) is 2. The van der Waals surface area contributed by atoms with Crippen LogP contribution in [0.15, 0.2) is 18.2 Å². The van der Waals surface area contributed by atoms with E-state index in [1.165, 1.54) is 12.1 Å². The van der Waals surface area contributed by atoms with E-state index in [1.807, 2.05) is 0 Å². The topological polar surface area (TPSA) is 32.3 Å². The van der Waals surface area contributed by atoms with E-state index in [0.29, 0.717) is 0 Å². The van der Waals surface area contributed by atoms with Crippen molar-refractivity contribution in [2.24, 2.45) is 0 Å². The lowest BCUT2D eigenvalue weighted by Crippen LogP contribution is -2.25. The first-order chi connectivity index (χ1) is 7.00. The highest BCUT2D eigenvalue weighted by atomic mass is 19.3. The van der Waals surface area contributed by atoms with Crippen LogP contribution in [0, 0.1) is 5.82 Å². The zero-order valence-corrected chi connectivity index (χ0v) is 8.17. The van der Waals surface area contributed by atoms with E-state index in [9.17, 15) is 13.2 Å². The van der Waals surface area contributed by atoms with E-state index < -0.39 is 24.8 Å². The van der Waals surface area contributed by atoms with E-state index in [2.05, 4.69) is 5.32 Å². The minimum Gasteiger partial charge on any atom is -0.508 e. The van der Waals surface area contributed by atoms with Crippen LogP contribution in [0.1, 0.15) is 18.5 Å². The summed E-state index contributed by atoms with van der Waals surface area (Å²) in [5, 5.41) is 11.4. The fourth-order valence-corrected chi connectivity index (χ4v) is 1.24. The van der Waals surface area contributed by atoms with Crippen LogP contribution in [0.5, 0.6) is 5.75 Å². The van der Waals surface area contributed by atoms with Crippen molar-refractivity contribution in [2.75, 3.05) is 6.54 Å². The standard InChI is InChI=1S/C10H12F3NO/c1-6(14-5-10(12)13)8-3-2-7(15)4-9(8)11/h2-4,6,10,14-15H,5H2,1H3. The van der Waals surface area contributed by atoms with Crippen molar-refractivity contribution in [3.8, 4) is 5.75 Å². The molecule has 0 radical (unpaired) electrons. The van der Waals surface area contributed by atoms with Gasteiger partial charge in [0.05, 0.1) is 6.54 Å². The molecule has 0 aromatic heterocycles. The Morgan fingerprint density at radius 2 is 2.07 bits per heavy atom. The lowest BCUT2D eigenvalue weighted by Gasteiger charge is -2.14. The lowest BCUT2D eigenvalue weighted by molar-refractivity contribution is 0.142. The second kappa shape index (κ2) is 5.02. The van der Waals surface area contributed by atoms with Gasteiger partial charge in [0.2, 0.25) is 0 Å². The maximum Gasteiger partial charge on any atom is 0.250 e. The van der Waals surface area contributed by atoms with Crippen molar-refractivity contribution in [2.45, 2.75) is 19.4 Å². The van der Waals surface area contributed by atoms with Gasteiger partial charge in [-0.25, -0.2) is 13.2 Å². The Kier molecular flexibility index (Phi) is 3.96. The summed E-state index contributed by atoms with van der Waals surface area (Å²) in [7, 11) is 0. The molecule has 0 aliphatic carbocycles. The predicted octanol–water partition coefficient (Wildman–Crippen LogP) is 2.45. The smallest absolute Gasteiger partial charge is 0.250 e. The molecule has 1 aromatic carbocycles. The van der Waals surface area contributed by atoms with Gasteiger partial charge in [0, 0.05) is 17.7 Å². The molecular weight excluding hydrogens is 207 g/mol. The molecule has 0 spiro atoms. The van der Waals surface area contributed by atoms with Gasteiger partial charge in [-0.2, -0.15) is 0 Å². The molecule has 1 aromatic rings. The van der Waals surface area contributed by atoms with E-state index >= 15 is 0 Å². The van der Waals surface area contributed by atoms with Gasteiger partial charge in [-0.1, -0.05) is 6.07 Å². The van der Waals surface area contributed by atoms with Crippen LogP contribution in [0.3, 0.4) is 0 Å². The van der Waals surface area contributed by atoms with Crippen LogP contribution in [-0.2, 0) is 0 Å². The van der Waals surface area contributed by atoms with Crippen molar-refractivity contribution in [1.82, 2.24) is 5.32 Å². The van der Waals surface area contributed by atoms with Crippen LogP contribution < -0.4 is 5.32 Å². The van der Waals surface area contributed by atoms with Gasteiger partial charge >= 0.3 is 0 Å². The molecule has 84 valence electrons. The fraction of sp³-hybridized carbons (Fsp3) is 0.400. The molecule has 1 atom stereocenters. The molecule has 0 heterocycles. The van der Waals surface area contributed by atoms with Crippen LogP contribution in [-0.4, -0.2) is 18.1 Å². The third kappa shape index (κ3) is 3.43. The SMILES string of the molecule is CC(NCC(F)F)c1ccc(O)cc1F. The van der Waals surface area contributed by atoms with Gasteiger partial charge in [0.25, 0.3) is 6.43 Å². The van der Waals surface area contributed by atoms with Gasteiger partial charge < -0.3 is 10.4 Å². The van der Waals surface area contributed by atoms with Crippen molar-refractivity contribution < 1.29 is 18.3 Å². The van der Waals surface area contributed by atoms with Crippen molar-refractivity contribution in [3.63, 3.8) is 0 Å². The molecule has 1 rings (SSSR count). The van der Waals surface area contributed by atoms with Crippen LogP contribution in [0.4, 0.5) is 13.2 Å². The summed E-state index contributed by atoms with van der Waals surface area (Å²) in [6, 6.07) is 3.13. The van der Waals surface area contributed by atoms with Crippen molar-refractivity contribution >= 4 is 0 Å². The Morgan fingerprint density at radius 1 is 1.40 bits per heavy atom. The molecule has 0 saturated carbocycles. The fourth-order valence-electron chi connectivity index (χ4n) is 1.24. The van der Waals surface area contributed by atoms with Gasteiger partial charge in [-0.3, -0.25) is 0 Å². The maximum absolute atomic E-state index is 13.2. The molecule has 0 bridgehead atoms. The Balaban J connectivity index is 2.69. The Hall–Kier alpha value is -1.23. The molecule has 0 aliphatic rings. The number of benzene rings is 1. The minimum absolute atomic E-state index is 0.183. The van der Waals surface area contributed by atoms with E-state index in [-0.39, 0.29) is 11.3 Å². The summed E-state index contributed by atoms with van der Waals surface area (Å²) in [4.78, 5) is 0. The monoisotopic (exact) mass is 219 g/mol. The summed E-state index contributed by atoms with van der Waals surface area (Å²) in [6.45, 7) is 1.10. The van der Waals surface area contributed by atoms with Crippen molar-refractivity contribution in [3.05, 3.63) is 29.6 Å². The summed E-state index contributed by atoms with van der Waals surface area (Å²) >= 11 is 0. The normalized spacial score (nSPS) is 13.1. The summed E-state index contributed by atoms with van der Waals surface area (Å²) in [6.07, 6.45) is -2.47. The van der Waals surface area contributed by atoms with Crippen molar-refractivity contribution in [1.29, 1.82) is 0 Å². The molecule has 2 N–H and O–H groups in total. The number of hydrogen-bond donors (Lipinski definition) is 2. The molecular formula is C10H12F3NO. The second-order valence-electron chi connectivity index (χ2n) is 3.23. The lowest BCUT2D eigenvalue weighted by atomic mass is 10.1. The highest BCUT2D eigenvalue weighted by Gasteiger charge is 2.12. The molecule has 0 fully saturated rings. The quantitative estimate of drug-likeness (QED) is 0.815. The van der Waals surface area contributed by atoms with Crippen LogP contribution >= 0.6 is 0 Å². The average molecular weight is 219 g/mol. The highest BCUT2D eigenvalue weighted by Crippen LogP contribution is 2.20. The molecule has 2 nitrogen and oxygen atoms in total. The summed E-state index contributed by atoms with van der Waals surface area (Å²) in [5.41, 5.74) is 0.258. The molecule has 0 amide bonds. The Morgan fingerprint density at radius 3 is 2.60 bits per heavy atom. The molecule has 0 saturated heterocycles. The highest BCUT2D eigenvalue weighted by molar-refractivity contribution is 5.29. The number of aromatic hydroxyl groups is 1. The van der Waals surface area contributed by atoms with Gasteiger partial charge in [0.1, 0.15) is 11.6 Å². The number of nitrogens with one attached hydrogen (secondary N) is 1. The summed E-state index contributed by atoms with van der Waals surface area (Å²) < 4.78 is 37.0. The Labute approximate surface area is 85.7 Å². The van der Waals surface area contributed by atoms with Gasteiger partial charge in [-0.05, 0) is 13.0 Å². The number of phenolic OH excluding ortho intramolecular Hbond substituents is 1.